The summed E-state index contributed by atoms with van der Waals surface area (Å²) in [4.78, 5) is 16.2. The predicted octanol–water partition coefficient (Wildman–Crippen LogP) is 3.57. The monoisotopic (exact) mass is 313 g/mol. The van der Waals surface area contributed by atoms with Gasteiger partial charge in [-0.1, -0.05) is 6.07 Å². The number of alkyl halides is 2. The summed E-state index contributed by atoms with van der Waals surface area (Å²) in [6, 6.07) is 4.60. The number of carbonyl (C=O) groups is 1. The molecule has 1 aromatic rings. The van der Waals surface area contributed by atoms with Crippen LogP contribution in [0.3, 0.4) is 0 Å². The molecule has 2 amide bonds. The number of amides is 2. The van der Waals surface area contributed by atoms with Gasteiger partial charge in [0.25, 0.3) is 0 Å². The second kappa shape index (κ2) is 6.46. The number of rotatable bonds is 4. The topological polar surface area (TPSA) is 63.2 Å². The minimum atomic E-state index is -2.62. The van der Waals surface area contributed by atoms with Crippen molar-refractivity contribution in [2.24, 2.45) is 0 Å². The van der Waals surface area contributed by atoms with E-state index in [0.29, 0.717) is 18.3 Å². The number of hydrogen-bond acceptors (Lipinski definition) is 3. The van der Waals surface area contributed by atoms with Gasteiger partial charge in [-0.15, -0.1) is 0 Å². The lowest BCUT2D eigenvalue weighted by Crippen LogP contribution is -2.51. The first-order chi connectivity index (χ1) is 10.3. The Bertz CT molecular complexity index is 527. The fourth-order valence-electron chi connectivity index (χ4n) is 2.43. The summed E-state index contributed by atoms with van der Waals surface area (Å²) in [6.45, 7) is 4.11. The maximum absolute atomic E-state index is 13.2. The number of pyridine rings is 1. The van der Waals surface area contributed by atoms with Crippen LogP contribution in [0.1, 0.15) is 39.5 Å². The molecule has 0 saturated heterocycles. The number of urea groups is 1. The van der Waals surface area contributed by atoms with Gasteiger partial charge in [-0.05, 0) is 32.8 Å². The largest absolute Gasteiger partial charge is 0.478 e. The zero-order valence-corrected chi connectivity index (χ0v) is 12.8. The molecule has 0 aromatic carbocycles. The smallest absolute Gasteiger partial charge is 0.320 e. The maximum Gasteiger partial charge on any atom is 0.320 e. The number of carbonyl (C=O) groups excluding carboxylic acids is 1. The van der Waals surface area contributed by atoms with E-state index < -0.39 is 17.5 Å². The first-order valence-electron chi connectivity index (χ1n) is 7.39. The van der Waals surface area contributed by atoms with Gasteiger partial charge >= 0.3 is 6.03 Å². The van der Waals surface area contributed by atoms with Crippen LogP contribution in [0.2, 0.25) is 0 Å². The molecule has 0 unspecified atom stereocenters. The van der Waals surface area contributed by atoms with E-state index in [9.17, 15) is 13.6 Å². The van der Waals surface area contributed by atoms with Crippen molar-refractivity contribution in [1.29, 1.82) is 0 Å². The average Bonchev–Trinajstić information content (AvgIpc) is 2.43. The van der Waals surface area contributed by atoms with Crippen LogP contribution in [-0.2, 0) is 0 Å². The Morgan fingerprint density at radius 1 is 1.32 bits per heavy atom. The van der Waals surface area contributed by atoms with E-state index in [1.165, 1.54) is 0 Å². The Hall–Kier alpha value is -1.92. The number of halogens is 2. The van der Waals surface area contributed by atoms with E-state index in [4.69, 9.17) is 4.74 Å². The summed E-state index contributed by atoms with van der Waals surface area (Å²) in [6.07, 6.45) is 0.0867. The first kappa shape index (κ1) is 16.5. The highest BCUT2D eigenvalue weighted by molar-refractivity contribution is 5.88. The Kier molecular flexibility index (Phi) is 4.83. The molecule has 0 radical (unpaired) electrons. The third-order valence-corrected chi connectivity index (χ3v) is 3.76. The first-order valence-corrected chi connectivity index (χ1v) is 7.39. The highest BCUT2D eigenvalue weighted by Gasteiger charge is 2.41. The molecule has 122 valence electrons. The summed E-state index contributed by atoms with van der Waals surface area (Å²) in [5, 5.41) is 5.37. The van der Waals surface area contributed by atoms with Crippen molar-refractivity contribution >= 4 is 11.8 Å². The van der Waals surface area contributed by atoms with Gasteiger partial charge in [0.05, 0.1) is 6.61 Å². The summed E-state index contributed by atoms with van der Waals surface area (Å²) in [5.74, 6) is -1.84. The van der Waals surface area contributed by atoms with Gasteiger partial charge in [0.2, 0.25) is 11.8 Å². The Labute approximate surface area is 128 Å². The summed E-state index contributed by atoms with van der Waals surface area (Å²) in [7, 11) is 0. The molecule has 7 heteroatoms. The second-order valence-corrected chi connectivity index (χ2v) is 5.79. The van der Waals surface area contributed by atoms with Crippen molar-refractivity contribution < 1.29 is 18.3 Å². The van der Waals surface area contributed by atoms with Crippen molar-refractivity contribution in [2.45, 2.75) is 51.0 Å². The molecular formula is C15H21F2N3O2. The van der Waals surface area contributed by atoms with Crippen LogP contribution in [-0.4, -0.2) is 29.1 Å². The number of nitrogens with zero attached hydrogens (tertiary/aromatic N) is 1. The fraction of sp³-hybridized carbons (Fsp3) is 0.600. The minimum Gasteiger partial charge on any atom is -0.478 e. The predicted molar refractivity (Wildman–Crippen MR) is 79.4 cm³/mol. The van der Waals surface area contributed by atoms with E-state index in [2.05, 4.69) is 15.6 Å². The lowest BCUT2D eigenvalue weighted by Gasteiger charge is -2.37. The van der Waals surface area contributed by atoms with Gasteiger partial charge in [0, 0.05) is 24.4 Å². The molecule has 2 rings (SSSR count). The molecule has 1 fully saturated rings. The highest BCUT2D eigenvalue weighted by atomic mass is 19.3. The Balaban J connectivity index is 1.91. The maximum atomic E-state index is 13.2. The van der Waals surface area contributed by atoms with Crippen LogP contribution >= 0.6 is 0 Å². The molecule has 1 aromatic heterocycles. The van der Waals surface area contributed by atoms with Crippen LogP contribution in [0.4, 0.5) is 19.4 Å². The van der Waals surface area contributed by atoms with Gasteiger partial charge in [-0.25, -0.2) is 13.6 Å². The lowest BCUT2D eigenvalue weighted by molar-refractivity contribution is -0.0515. The van der Waals surface area contributed by atoms with E-state index in [1.807, 2.05) is 6.92 Å². The van der Waals surface area contributed by atoms with E-state index in [-0.39, 0.29) is 25.7 Å². The lowest BCUT2D eigenvalue weighted by atomic mass is 9.81. The van der Waals surface area contributed by atoms with Crippen molar-refractivity contribution in [2.75, 3.05) is 11.9 Å². The molecule has 5 nitrogen and oxygen atoms in total. The van der Waals surface area contributed by atoms with Crippen molar-refractivity contribution in [1.82, 2.24) is 10.3 Å². The fourth-order valence-corrected chi connectivity index (χ4v) is 2.43. The second-order valence-electron chi connectivity index (χ2n) is 5.79. The van der Waals surface area contributed by atoms with Gasteiger partial charge in [0.1, 0.15) is 5.82 Å². The Morgan fingerprint density at radius 2 is 2.00 bits per heavy atom. The normalized spacial score (nSPS) is 19.3. The van der Waals surface area contributed by atoms with E-state index >= 15 is 0 Å². The third-order valence-electron chi connectivity index (χ3n) is 3.76. The standard InChI is InChI=1S/C15H21F2N3O2/c1-3-22-12-6-4-5-11(18-12)19-13(21)20-14(2)7-9-15(16,17)10-8-14/h4-6H,3,7-10H2,1-2H3,(H2,18,19,20,21). The van der Waals surface area contributed by atoms with E-state index in [0.717, 1.165) is 0 Å². The van der Waals surface area contributed by atoms with Crippen molar-refractivity contribution in [3.8, 4) is 5.88 Å². The SMILES string of the molecule is CCOc1cccc(NC(=O)NC2(C)CCC(F)(F)CC2)n1. The molecule has 22 heavy (non-hydrogen) atoms. The van der Waals surface area contributed by atoms with Gasteiger partial charge < -0.3 is 10.1 Å². The molecule has 0 spiro atoms. The Morgan fingerprint density at radius 3 is 2.64 bits per heavy atom. The molecule has 1 aliphatic carbocycles. The number of hydrogen-bond donors (Lipinski definition) is 2. The van der Waals surface area contributed by atoms with Crippen LogP contribution in [0.15, 0.2) is 18.2 Å². The molecular weight excluding hydrogens is 292 g/mol. The number of nitrogens with one attached hydrogen (secondary N) is 2. The summed E-state index contributed by atoms with van der Waals surface area (Å²) < 4.78 is 31.6. The zero-order valence-electron chi connectivity index (χ0n) is 12.8. The number of aromatic nitrogens is 1. The van der Waals surface area contributed by atoms with Crippen LogP contribution in [0, 0.1) is 0 Å². The summed E-state index contributed by atoms with van der Waals surface area (Å²) in [5.41, 5.74) is -0.622. The van der Waals surface area contributed by atoms with Crippen molar-refractivity contribution in [3.05, 3.63) is 18.2 Å². The molecule has 0 bridgehead atoms. The highest BCUT2D eigenvalue weighted by Crippen LogP contribution is 2.38. The van der Waals surface area contributed by atoms with Crippen molar-refractivity contribution in [3.63, 3.8) is 0 Å². The quantitative estimate of drug-likeness (QED) is 0.893. The van der Waals surface area contributed by atoms with Crippen LogP contribution in [0.5, 0.6) is 5.88 Å². The van der Waals surface area contributed by atoms with Gasteiger partial charge in [0.15, 0.2) is 0 Å². The molecule has 0 aliphatic heterocycles. The van der Waals surface area contributed by atoms with Crippen LogP contribution < -0.4 is 15.4 Å². The summed E-state index contributed by atoms with van der Waals surface area (Å²) >= 11 is 0. The molecule has 0 atom stereocenters. The van der Waals surface area contributed by atoms with E-state index in [1.54, 1.807) is 25.1 Å². The van der Waals surface area contributed by atoms with Crippen LogP contribution in [0.25, 0.3) is 0 Å². The zero-order chi connectivity index (χ0) is 16.2. The number of ether oxygens (including phenoxy) is 1. The third kappa shape index (κ3) is 4.54. The van der Waals surface area contributed by atoms with Gasteiger partial charge in [-0.2, -0.15) is 4.98 Å². The van der Waals surface area contributed by atoms with Gasteiger partial charge in [-0.3, -0.25) is 5.32 Å². The number of anilines is 1. The molecule has 2 N–H and O–H groups in total. The molecule has 1 saturated carbocycles. The minimum absolute atomic E-state index is 0.206. The molecule has 1 heterocycles. The molecule has 1 aliphatic rings. The average molecular weight is 313 g/mol.